The Morgan fingerprint density at radius 1 is 1.57 bits per heavy atom. The first-order valence-corrected chi connectivity index (χ1v) is 4.39. The quantitative estimate of drug-likeness (QED) is 0.532. The van der Waals surface area contributed by atoms with E-state index in [0.29, 0.717) is 0 Å². The number of pyridine rings is 1. The Morgan fingerprint density at radius 3 is 2.86 bits per heavy atom. The van der Waals surface area contributed by atoms with Gasteiger partial charge in [-0.2, -0.15) is 0 Å². The number of nitrogens with zero attached hydrogens (tertiary/aromatic N) is 2. The lowest BCUT2D eigenvalue weighted by atomic mass is 10.1. The summed E-state index contributed by atoms with van der Waals surface area (Å²) in [7, 11) is 3.95. The summed E-state index contributed by atoms with van der Waals surface area (Å²) >= 11 is 0. The summed E-state index contributed by atoms with van der Waals surface area (Å²) in [5.41, 5.74) is 4.87. The number of hydrogen-bond acceptors (Lipinski definition) is 2. The van der Waals surface area contributed by atoms with E-state index in [9.17, 15) is 0 Å². The second-order valence-electron chi connectivity index (χ2n) is 3.11. The third kappa shape index (κ3) is 2.92. The van der Waals surface area contributed by atoms with Crippen LogP contribution in [0.15, 0.2) is 49.1 Å². The zero-order valence-electron chi connectivity index (χ0n) is 8.57. The van der Waals surface area contributed by atoms with Crippen molar-refractivity contribution in [1.82, 2.24) is 9.88 Å². The molecule has 0 atom stereocenters. The normalized spacial score (nSPS) is 9.86. The summed E-state index contributed by atoms with van der Waals surface area (Å²) in [6.07, 6.45) is 7.47. The van der Waals surface area contributed by atoms with Crippen molar-refractivity contribution in [2.45, 2.75) is 0 Å². The van der Waals surface area contributed by atoms with Gasteiger partial charge >= 0.3 is 0 Å². The van der Waals surface area contributed by atoms with E-state index >= 15 is 0 Å². The molecular formula is C12H14N2. The predicted octanol–water partition coefficient (Wildman–Crippen LogP) is 2.33. The van der Waals surface area contributed by atoms with Crippen LogP contribution in [0, 0.1) is 0 Å². The summed E-state index contributed by atoms with van der Waals surface area (Å²) in [5, 5.41) is 0. The predicted molar refractivity (Wildman–Crippen MR) is 59.6 cm³/mol. The van der Waals surface area contributed by atoms with E-state index in [0.717, 1.165) is 11.1 Å². The Hall–Kier alpha value is -1.79. The summed E-state index contributed by atoms with van der Waals surface area (Å²) in [5.74, 6) is 0. The monoisotopic (exact) mass is 186 g/mol. The second-order valence-corrected chi connectivity index (χ2v) is 3.11. The molecule has 0 aromatic carbocycles. The van der Waals surface area contributed by atoms with Crippen molar-refractivity contribution in [3.05, 3.63) is 54.7 Å². The topological polar surface area (TPSA) is 16.1 Å². The Morgan fingerprint density at radius 2 is 2.36 bits per heavy atom. The molecule has 1 aromatic heterocycles. The minimum absolute atomic E-state index is 0.951. The number of aromatic nitrogens is 1. The van der Waals surface area contributed by atoms with Gasteiger partial charge in [0, 0.05) is 37.6 Å². The standard InChI is InChI=1S/C12H14N2/c1-4-11(7-9-14(2)3)12-6-5-8-13-10-12/h5-10H,1H2,2-3H3/b9-7+. The lowest BCUT2D eigenvalue weighted by Gasteiger charge is -2.04. The Bertz CT molecular complexity index is 357. The molecule has 0 saturated carbocycles. The zero-order chi connectivity index (χ0) is 10.4. The van der Waals surface area contributed by atoms with Crippen LogP contribution in [0.4, 0.5) is 0 Å². The van der Waals surface area contributed by atoms with E-state index in [1.54, 1.807) is 12.4 Å². The molecule has 0 aliphatic rings. The number of rotatable bonds is 3. The minimum Gasteiger partial charge on any atom is -0.383 e. The molecule has 1 rings (SSSR count). The SMILES string of the molecule is C=C=C(/C=C/N(C)C)c1cccnc1. The summed E-state index contributed by atoms with van der Waals surface area (Å²) in [6, 6.07) is 3.89. The molecule has 0 bridgehead atoms. The van der Waals surface area contributed by atoms with Crippen LogP contribution in [0.25, 0.3) is 5.57 Å². The number of hydrogen-bond donors (Lipinski definition) is 0. The molecule has 0 saturated heterocycles. The van der Waals surface area contributed by atoms with Crippen LogP contribution in [-0.4, -0.2) is 24.0 Å². The first kappa shape index (κ1) is 10.3. The first-order chi connectivity index (χ1) is 6.74. The second kappa shape index (κ2) is 5.05. The molecule has 0 spiro atoms. The van der Waals surface area contributed by atoms with Crippen LogP contribution in [-0.2, 0) is 0 Å². The van der Waals surface area contributed by atoms with E-state index < -0.39 is 0 Å². The molecule has 0 N–H and O–H groups in total. The maximum atomic E-state index is 4.04. The fraction of sp³-hybridized carbons (Fsp3) is 0.167. The molecule has 0 aliphatic carbocycles. The van der Waals surface area contributed by atoms with E-state index in [1.165, 1.54) is 0 Å². The summed E-state index contributed by atoms with van der Waals surface area (Å²) in [6.45, 7) is 3.66. The molecule has 1 heterocycles. The van der Waals surface area contributed by atoms with Gasteiger partial charge < -0.3 is 4.90 Å². The van der Waals surface area contributed by atoms with E-state index in [-0.39, 0.29) is 0 Å². The van der Waals surface area contributed by atoms with Gasteiger partial charge in [0.15, 0.2) is 0 Å². The van der Waals surface area contributed by atoms with Crippen molar-refractivity contribution in [1.29, 1.82) is 0 Å². The van der Waals surface area contributed by atoms with Gasteiger partial charge in [0.2, 0.25) is 0 Å². The minimum atomic E-state index is 0.951. The van der Waals surface area contributed by atoms with Crippen LogP contribution in [0.2, 0.25) is 0 Å². The molecule has 14 heavy (non-hydrogen) atoms. The third-order valence-electron chi connectivity index (χ3n) is 1.70. The van der Waals surface area contributed by atoms with Gasteiger partial charge in [-0.25, -0.2) is 0 Å². The van der Waals surface area contributed by atoms with E-state index in [2.05, 4.69) is 17.3 Å². The van der Waals surface area contributed by atoms with Gasteiger partial charge in [-0.3, -0.25) is 4.98 Å². The lowest BCUT2D eigenvalue weighted by molar-refractivity contribution is 0.564. The largest absolute Gasteiger partial charge is 0.383 e. The van der Waals surface area contributed by atoms with Gasteiger partial charge in [-0.1, -0.05) is 12.6 Å². The Balaban J connectivity index is 2.91. The average molecular weight is 186 g/mol. The third-order valence-corrected chi connectivity index (χ3v) is 1.70. The van der Waals surface area contributed by atoms with Crippen molar-refractivity contribution in [3.8, 4) is 0 Å². The molecule has 0 unspecified atom stereocenters. The molecule has 2 nitrogen and oxygen atoms in total. The summed E-state index contributed by atoms with van der Waals surface area (Å²) < 4.78 is 0. The highest BCUT2D eigenvalue weighted by Gasteiger charge is 1.94. The van der Waals surface area contributed by atoms with Gasteiger partial charge in [-0.15, -0.1) is 5.73 Å². The van der Waals surface area contributed by atoms with Crippen molar-refractivity contribution in [3.63, 3.8) is 0 Å². The van der Waals surface area contributed by atoms with E-state index in [4.69, 9.17) is 0 Å². The molecule has 0 fully saturated rings. The molecular weight excluding hydrogens is 172 g/mol. The molecule has 1 aromatic rings. The van der Waals surface area contributed by atoms with Crippen LogP contribution in [0.1, 0.15) is 5.56 Å². The van der Waals surface area contributed by atoms with Crippen molar-refractivity contribution >= 4 is 5.57 Å². The van der Waals surface area contributed by atoms with E-state index in [1.807, 2.05) is 43.4 Å². The highest BCUT2D eigenvalue weighted by Crippen LogP contribution is 2.12. The van der Waals surface area contributed by atoms with Gasteiger partial charge in [0.25, 0.3) is 0 Å². The van der Waals surface area contributed by atoms with Crippen LogP contribution in [0.5, 0.6) is 0 Å². The highest BCUT2D eigenvalue weighted by molar-refractivity contribution is 5.72. The lowest BCUT2D eigenvalue weighted by Crippen LogP contribution is -2.00. The van der Waals surface area contributed by atoms with Gasteiger partial charge in [-0.05, 0) is 18.3 Å². The van der Waals surface area contributed by atoms with Crippen LogP contribution < -0.4 is 0 Å². The first-order valence-electron chi connectivity index (χ1n) is 4.39. The zero-order valence-corrected chi connectivity index (χ0v) is 8.57. The van der Waals surface area contributed by atoms with Crippen LogP contribution in [0.3, 0.4) is 0 Å². The molecule has 0 aliphatic heterocycles. The molecule has 2 heteroatoms. The molecule has 0 radical (unpaired) electrons. The Labute approximate surface area is 84.9 Å². The maximum Gasteiger partial charge on any atom is 0.0352 e. The number of allylic oxidation sites excluding steroid dienone is 2. The summed E-state index contributed by atoms with van der Waals surface area (Å²) in [4.78, 5) is 6.01. The van der Waals surface area contributed by atoms with Gasteiger partial charge in [0.1, 0.15) is 0 Å². The van der Waals surface area contributed by atoms with Crippen LogP contribution >= 0.6 is 0 Å². The molecule has 0 amide bonds. The van der Waals surface area contributed by atoms with Crippen molar-refractivity contribution in [2.75, 3.05) is 14.1 Å². The average Bonchev–Trinajstić information content (AvgIpc) is 2.20. The maximum absolute atomic E-state index is 4.04. The van der Waals surface area contributed by atoms with Crippen molar-refractivity contribution in [2.24, 2.45) is 0 Å². The smallest absolute Gasteiger partial charge is 0.0352 e. The Kier molecular flexibility index (Phi) is 3.71. The molecule has 72 valence electrons. The fourth-order valence-corrected chi connectivity index (χ4v) is 1.00. The highest BCUT2D eigenvalue weighted by atomic mass is 15.0. The fourth-order valence-electron chi connectivity index (χ4n) is 1.00. The van der Waals surface area contributed by atoms with Gasteiger partial charge in [0.05, 0.1) is 0 Å². The van der Waals surface area contributed by atoms with Crippen molar-refractivity contribution < 1.29 is 0 Å².